The largest absolute Gasteiger partial charge is 0.316 e. The fourth-order valence-corrected chi connectivity index (χ4v) is 2.05. The minimum atomic E-state index is 0.132. The van der Waals surface area contributed by atoms with E-state index in [9.17, 15) is 0 Å². The molecule has 0 fully saturated rings. The van der Waals surface area contributed by atoms with Crippen molar-refractivity contribution in [3.63, 3.8) is 0 Å². The van der Waals surface area contributed by atoms with E-state index >= 15 is 0 Å². The molecular weight excluding hydrogens is 206 g/mol. The third-order valence-corrected chi connectivity index (χ3v) is 3.46. The van der Waals surface area contributed by atoms with Crippen molar-refractivity contribution in [2.24, 2.45) is 0 Å². The van der Waals surface area contributed by atoms with Gasteiger partial charge in [-0.2, -0.15) is 0 Å². The zero-order chi connectivity index (χ0) is 11.3. The molecule has 15 heavy (non-hydrogen) atoms. The van der Waals surface area contributed by atoms with Gasteiger partial charge in [-0.25, -0.2) is 0 Å². The van der Waals surface area contributed by atoms with Gasteiger partial charge in [0.2, 0.25) is 0 Å². The summed E-state index contributed by atoms with van der Waals surface area (Å²) in [6, 6.07) is 0. The molecule has 0 saturated heterocycles. The van der Waals surface area contributed by atoms with Crippen LogP contribution in [-0.4, -0.2) is 23.3 Å². The number of nitrogens with zero attached hydrogens (tertiary/aromatic N) is 2. The Labute approximate surface area is 96.3 Å². The number of nitrogens with one attached hydrogen (secondary N) is 1. The van der Waals surface area contributed by atoms with Crippen LogP contribution >= 0.6 is 11.3 Å². The van der Waals surface area contributed by atoms with Crippen molar-refractivity contribution in [2.45, 2.75) is 46.0 Å². The van der Waals surface area contributed by atoms with Gasteiger partial charge >= 0.3 is 0 Å². The van der Waals surface area contributed by atoms with Crippen LogP contribution in [0.1, 0.15) is 44.1 Å². The van der Waals surface area contributed by atoms with Crippen molar-refractivity contribution in [1.82, 2.24) is 15.5 Å². The second-order valence-electron chi connectivity index (χ2n) is 4.75. The van der Waals surface area contributed by atoms with Crippen LogP contribution in [0.2, 0.25) is 0 Å². The maximum absolute atomic E-state index is 4.23. The van der Waals surface area contributed by atoms with Crippen LogP contribution in [-0.2, 0) is 11.8 Å². The van der Waals surface area contributed by atoms with E-state index in [4.69, 9.17) is 0 Å². The molecule has 0 aromatic carbocycles. The molecule has 0 bridgehead atoms. The molecule has 4 heteroatoms. The van der Waals surface area contributed by atoms with E-state index in [1.54, 1.807) is 11.3 Å². The highest BCUT2D eigenvalue weighted by atomic mass is 32.1. The smallest absolute Gasteiger partial charge is 0.122 e. The molecule has 3 nitrogen and oxygen atoms in total. The second-order valence-corrected chi connectivity index (χ2v) is 5.81. The highest BCUT2D eigenvalue weighted by Crippen LogP contribution is 2.25. The van der Waals surface area contributed by atoms with Crippen LogP contribution in [0.4, 0.5) is 0 Å². The summed E-state index contributed by atoms with van der Waals surface area (Å²) in [5.41, 5.74) is 0.132. The molecule has 0 radical (unpaired) electrons. The Morgan fingerprint density at radius 3 is 2.47 bits per heavy atom. The topological polar surface area (TPSA) is 37.8 Å². The molecule has 1 N–H and O–H groups in total. The van der Waals surface area contributed by atoms with Crippen molar-refractivity contribution >= 4 is 11.3 Å². The first kappa shape index (κ1) is 12.6. The van der Waals surface area contributed by atoms with Gasteiger partial charge < -0.3 is 5.32 Å². The van der Waals surface area contributed by atoms with E-state index in [2.05, 4.69) is 43.2 Å². The molecule has 1 aromatic heterocycles. The molecule has 86 valence electrons. The average Bonchev–Trinajstić information content (AvgIpc) is 2.60. The van der Waals surface area contributed by atoms with Gasteiger partial charge in [0.05, 0.1) is 0 Å². The molecule has 0 aliphatic heterocycles. The molecular formula is C11H21N3S. The first-order chi connectivity index (χ1) is 7.04. The predicted molar refractivity (Wildman–Crippen MR) is 65.5 cm³/mol. The number of aromatic nitrogens is 2. The summed E-state index contributed by atoms with van der Waals surface area (Å²) in [6.45, 7) is 10.8. The second kappa shape index (κ2) is 5.56. The minimum Gasteiger partial charge on any atom is -0.316 e. The van der Waals surface area contributed by atoms with Gasteiger partial charge in [0.15, 0.2) is 0 Å². The van der Waals surface area contributed by atoms with E-state index < -0.39 is 0 Å². The van der Waals surface area contributed by atoms with Crippen molar-refractivity contribution in [3.8, 4) is 0 Å². The summed E-state index contributed by atoms with van der Waals surface area (Å²) in [4.78, 5) is 0. The van der Waals surface area contributed by atoms with Crippen LogP contribution < -0.4 is 5.32 Å². The summed E-state index contributed by atoms with van der Waals surface area (Å²) in [7, 11) is 0. The fourth-order valence-electron chi connectivity index (χ4n) is 1.15. The SMILES string of the molecule is CCCNCCc1nnc(C(C)(C)C)s1. The lowest BCUT2D eigenvalue weighted by Crippen LogP contribution is -2.17. The Balaban J connectivity index is 2.40. The molecule has 1 aromatic rings. The zero-order valence-corrected chi connectivity index (χ0v) is 10.9. The molecule has 1 rings (SSSR count). The number of rotatable bonds is 5. The van der Waals surface area contributed by atoms with Gasteiger partial charge in [-0.05, 0) is 13.0 Å². The third kappa shape index (κ3) is 4.26. The third-order valence-electron chi connectivity index (χ3n) is 2.05. The molecule has 0 saturated carbocycles. The van der Waals surface area contributed by atoms with E-state index in [0.29, 0.717) is 0 Å². The summed E-state index contributed by atoms with van der Waals surface area (Å²) in [6.07, 6.45) is 2.18. The first-order valence-corrected chi connectivity index (χ1v) is 6.39. The van der Waals surface area contributed by atoms with E-state index in [1.807, 2.05) is 0 Å². The minimum absolute atomic E-state index is 0.132. The van der Waals surface area contributed by atoms with Crippen LogP contribution in [0.5, 0.6) is 0 Å². The van der Waals surface area contributed by atoms with Crippen molar-refractivity contribution < 1.29 is 0 Å². The lowest BCUT2D eigenvalue weighted by molar-refractivity contribution is 0.577. The highest BCUT2D eigenvalue weighted by Gasteiger charge is 2.18. The van der Waals surface area contributed by atoms with Crippen LogP contribution in [0.15, 0.2) is 0 Å². The molecule has 0 amide bonds. The summed E-state index contributed by atoms with van der Waals surface area (Å²) in [5.74, 6) is 0. The quantitative estimate of drug-likeness (QED) is 0.785. The molecule has 0 atom stereocenters. The number of hydrogen-bond acceptors (Lipinski definition) is 4. The van der Waals surface area contributed by atoms with Gasteiger partial charge in [0.1, 0.15) is 10.0 Å². The van der Waals surface area contributed by atoms with E-state index in [-0.39, 0.29) is 5.41 Å². The first-order valence-electron chi connectivity index (χ1n) is 5.57. The van der Waals surface area contributed by atoms with Crippen molar-refractivity contribution in [3.05, 3.63) is 10.0 Å². The normalized spacial score (nSPS) is 12.0. The van der Waals surface area contributed by atoms with Crippen molar-refractivity contribution in [1.29, 1.82) is 0 Å². The lowest BCUT2D eigenvalue weighted by atomic mass is 9.98. The lowest BCUT2D eigenvalue weighted by Gasteiger charge is -2.12. The fraction of sp³-hybridized carbons (Fsp3) is 0.818. The maximum Gasteiger partial charge on any atom is 0.122 e. The van der Waals surface area contributed by atoms with Crippen LogP contribution in [0.25, 0.3) is 0 Å². The van der Waals surface area contributed by atoms with E-state index in [0.717, 1.165) is 29.5 Å². The molecule has 0 aliphatic carbocycles. The molecule has 0 unspecified atom stereocenters. The Kier molecular flexibility index (Phi) is 4.67. The molecule has 0 spiro atoms. The van der Waals surface area contributed by atoms with Crippen LogP contribution in [0, 0.1) is 0 Å². The Morgan fingerprint density at radius 1 is 1.20 bits per heavy atom. The summed E-state index contributed by atoms with van der Waals surface area (Å²) >= 11 is 1.74. The number of hydrogen-bond donors (Lipinski definition) is 1. The zero-order valence-electron chi connectivity index (χ0n) is 10.1. The monoisotopic (exact) mass is 227 g/mol. The van der Waals surface area contributed by atoms with Crippen molar-refractivity contribution in [2.75, 3.05) is 13.1 Å². The highest BCUT2D eigenvalue weighted by molar-refractivity contribution is 7.11. The standard InChI is InChI=1S/C11H21N3S/c1-5-7-12-8-6-9-13-14-10(15-9)11(2,3)4/h12H,5-8H2,1-4H3. The maximum atomic E-state index is 4.23. The van der Waals surface area contributed by atoms with Gasteiger partial charge in [0.25, 0.3) is 0 Å². The van der Waals surface area contributed by atoms with Crippen LogP contribution in [0.3, 0.4) is 0 Å². The van der Waals surface area contributed by atoms with Gasteiger partial charge in [0, 0.05) is 18.4 Å². The molecule has 0 aliphatic rings. The van der Waals surface area contributed by atoms with Gasteiger partial charge in [-0.3, -0.25) is 0 Å². The van der Waals surface area contributed by atoms with E-state index in [1.165, 1.54) is 6.42 Å². The Bertz CT molecular complexity index is 288. The average molecular weight is 227 g/mol. The summed E-state index contributed by atoms with van der Waals surface area (Å²) in [5, 5.41) is 14.1. The Morgan fingerprint density at radius 2 is 1.93 bits per heavy atom. The van der Waals surface area contributed by atoms with Gasteiger partial charge in [-0.1, -0.05) is 27.7 Å². The molecule has 1 heterocycles. The Hall–Kier alpha value is -0.480. The summed E-state index contributed by atoms with van der Waals surface area (Å²) < 4.78 is 0. The van der Waals surface area contributed by atoms with Gasteiger partial charge in [-0.15, -0.1) is 21.5 Å². The predicted octanol–water partition coefficient (Wildman–Crippen LogP) is 2.38.